The second-order valence-corrected chi connectivity index (χ2v) is 16.5. The lowest BCUT2D eigenvalue weighted by atomic mass is 9.60. The van der Waals surface area contributed by atoms with Gasteiger partial charge >= 0.3 is 0 Å². The minimum absolute atomic E-state index is 0.181. The summed E-state index contributed by atoms with van der Waals surface area (Å²) in [6.07, 6.45) is 38.5. The van der Waals surface area contributed by atoms with Gasteiger partial charge in [0.1, 0.15) is 5.52 Å². The first kappa shape index (κ1) is 32.9. The maximum atomic E-state index is 3.80. The van der Waals surface area contributed by atoms with Gasteiger partial charge in [-0.2, -0.15) is 0 Å². The number of fused-ring (bicyclic) bond motifs is 7. The van der Waals surface area contributed by atoms with Crippen molar-refractivity contribution in [2.45, 2.75) is 63.8 Å². The zero-order chi connectivity index (χ0) is 37.5. The Morgan fingerprint density at radius 1 is 0.649 bits per heavy atom. The largest absolute Gasteiger partial charge is 0.333 e. The molecule has 0 saturated heterocycles. The second-order valence-electron chi connectivity index (χ2n) is 16.5. The number of rotatable bonds is 5. The highest BCUT2D eigenvalue weighted by Crippen LogP contribution is 2.63. The third-order valence-electron chi connectivity index (χ3n) is 13.7. The molecule has 0 aliphatic heterocycles. The molecule has 2 heterocycles. The monoisotopic (exact) mass is 732 g/mol. The molecule has 0 bridgehead atoms. The molecule has 6 aliphatic rings. The predicted octanol–water partition coefficient (Wildman–Crippen LogP) is 14.0. The number of benzene rings is 3. The number of hydrogen-bond donors (Lipinski definition) is 0. The third-order valence-corrected chi connectivity index (χ3v) is 13.7. The summed E-state index contributed by atoms with van der Waals surface area (Å²) >= 11 is 0. The van der Waals surface area contributed by atoms with Gasteiger partial charge in [0.15, 0.2) is 0 Å². The minimum Gasteiger partial charge on any atom is -0.333 e. The summed E-state index contributed by atoms with van der Waals surface area (Å²) in [6, 6.07) is 37.0. The van der Waals surface area contributed by atoms with Crippen LogP contribution in [-0.4, -0.2) is 9.13 Å². The lowest BCUT2D eigenvalue weighted by Crippen LogP contribution is -2.31. The van der Waals surface area contributed by atoms with E-state index in [9.17, 15) is 0 Å². The van der Waals surface area contributed by atoms with Crippen molar-refractivity contribution in [3.8, 4) is 16.8 Å². The molecule has 1 atom stereocenters. The van der Waals surface area contributed by atoms with Crippen LogP contribution in [0.5, 0.6) is 0 Å². The second kappa shape index (κ2) is 12.9. The van der Waals surface area contributed by atoms with Crippen molar-refractivity contribution < 1.29 is 0 Å². The molecule has 6 aromatic rings. The molecule has 274 valence electrons. The first-order valence-corrected chi connectivity index (χ1v) is 21.1. The Balaban J connectivity index is 1.12. The molecule has 12 rings (SSSR count). The fraction of sp³-hybridized carbons (Fsp3) is 0.200. The average molecular weight is 733 g/mol. The highest BCUT2D eigenvalue weighted by atomic mass is 15.0. The summed E-state index contributed by atoms with van der Waals surface area (Å²) in [5, 5.41) is 3.85. The lowest BCUT2D eigenvalue weighted by Gasteiger charge is -2.43. The maximum Gasteiger partial charge on any atom is 0.105 e. The van der Waals surface area contributed by atoms with E-state index in [1.54, 1.807) is 16.7 Å². The molecular formula is C55H44N2. The van der Waals surface area contributed by atoms with Gasteiger partial charge in [-0.25, -0.2) is 0 Å². The topological polar surface area (TPSA) is 9.86 Å². The SMILES string of the molecule is c1c(-c2cccc3c2c2ccccc2n3[C@H]2C=CC=CC2)cc2c3c(n(-c4ccccc4)c2c#1)CCC(C1(C2=CCCC=C2)C2=C(C=CCC2)C2=C1CCC=C2)=C3. The van der Waals surface area contributed by atoms with Crippen LogP contribution in [0.2, 0.25) is 0 Å². The van der Waals surface area contributed by atoms with E-state index in [0.29, 0.717) is 0 Å². The summed E-state index contributed by atoms with van der Waals surface area (Å²) < 4.78 is 5.03. The van der Waals surface area contributed by atoms with Crippen LogP contribution in [-0.2, 0) is 6.42 Å². The smallest absolute Gasteiger partial charge is 0.105 e. The first-order valence-electron chi connectivity index (χ1n) is 21.1. The van der Waals surface area contributed by atoms with Crippen molar-refractivity contribution in [3.05, 3.63) is 203 Å². The molecule has 2 heteroatoms. The molecule has 0 saturated carbocycles. The van der Waals surface area contributed by atoms with E-state index in [0.717, 1.165) is 68.9 Å². The summed E-state index contributed by atoms with van der Waals surface area (Å²) in [5.41, 5.74) is 19.0. The Bertz CT molecular complexity index is 2930. The Morgan fingerprint density at radius 3 is 2.23 bits per heavy atom. The van der Waals surface area contributed by atoms with Crippen molar-refractivity contribution in [2.24, 2.45) is 5.41 Å². The average Bonchev–Trinajstić information content (AvgIpc) is 3.91. The van der Waals surface area contributed by atoms with Gasteiger partial charge in [0, 0.05) is 49.7 Å². The molecule has 2 nitrogen and oxygen atoms in total. The highest BCUT2D eigenvalue weighted by Gasteiger charge is 2.50. The van der Waals surface area contributed by atoms with Gasteiger partial charge in [-0.15, -0.1) is 0 Å². The number of aromatic nitrogens is 2. The van der Waals surface area contributed by atoms with E-state index in [4.69, 9.17) is 0 Å². The summed E-state index contributed by atoms with van der Waals surface area (Å²) in [4.78, 5) is 0. The summed E-state index contributed by atoms with van der Waals surface area (Å²) in [7, 11) is 0. The highest BCUT2D eigenvalue weighted by molar-refractivity contribution is 6.15. The van der Waals surface area contributed by atoms with Crippen LogP contribution in [0.1, 0.15) is 68.7 Å². The summed E-state index contributed by atoms with van der Waals surface area (Å²) in [5.74, 6) is 0. The Morgan fingerprint density at radius 2 is 1.44 bits per heavy atom. The molecule has 0 radical (unpaired) electrons. The van der Waals surface area contributed by atoms with Gasteiger partial charge in [-0.3, -0.25) is 0 Å². The molecule has 4 aromatic carbocycles. The van der Waals surface area contributed by atoms with E-state index in [1.165, 1.54) is 66.4 Å². The zero-order valence-electron chi connectivity index (χ0n) is 32.3. The van der Waals surface area contributed by atoms with E-state index in [1.807, 2.05) is 0 Å². The molecule has 2 aromatic heterocycles. The van der Waals surface area contributed by atoms with Crippen LogP contribution in [0.4, 0.5) is 0 Å². The summed E-state index contributed by atoms with van der Waals surface area (Å²) in [6.45, 7) is 0. The fourth-order valence-electron chi connectivity index (χ4n) is 11.4. The van der Waals surface area contributed by atoms with Crippen LogP contribution < -0.4 is 0 Å². The van der Waals surface area contributed by atoms with Crippen molar-refractivity contribution in [1.82, 2.24) is 9.13 Å². The van der Waals surface area contributed by atoms with Crippen molar-refractivity contribution in [1.29, 1.82) is 0 Å². The van der Waals surface area contributed by atoms with Crippen LogP contribution >= 0.6 is 0 Å². The Hall–Kier alpha value is -6.30. The molecular weight excluding hydrogens is 689 g/mol. The first-order chi connectivity index (χ1) is 28.3. The molecule has 0 amide bonds. The molecule has 57 heavy (non-hydrogen) atoms. The number of hydrogen-bond acceptors (Lipinski definition) is 0. The maximum absolute atomic E-state index is 3.80. The van der Waals surface area contributed by atoms with Gasteiger partial charge in [-0.1, -0.05) is 133 Å². The van der Waals surface area contributed by atoms with Gasteiger partial charge in [0.2, 0.25) is 0 Å². The van der Waals surface area contributed by atoms with Crippen LogP contribution in [0, 0.1) is 17.5 Å². The van der Waals surface area contributed by atoms with Crippen LogP contribution in [0.3, 0.4) is 0 Å². The fourth-order valence-corrected chi connectivity index (χ4v) is 11.4. The van der Waals surface area contributed by atoms with Crippen molar-refractivity contribution in [3.63, 3.8) is 0 Å². The molecule has 6 aliphatic carbocycles. The normalized spacial score (nSPS) is 20.6. The molecule has 0 spiro atoms. The zero-order valence-corrected chi connectivity index (χ0v) is 32.3. The molecule has 0 N–H and O–H groups in total. The van der Waals surface area contributed by atoms with E-state index < -0.39 is 0 Å². The van der Waals surface area contributed by atoms with Crippen molar-refractivity contribution in [2.75, 3.05) is 0 Å². The Labute approximate surface area is 335 Å². The van der Waals surface area contributed by atoms with E-state index in [-0.39, 0.29) is 11.5 Å². The Kier molecular flexibility index (Phi) is 7.43. The van der Waals surface area contributed by atoms with Gasteiger partial charge < -0.3 is 9.13 Å². The van der Waals surface area contributed by atoms with Crippen LogP contribution in [0.15, 0.2) is 179 Å². The molecule has 0 fully saturated rings. The van der Waals surface area contributed by atoms with Crippen LogP contribution in [0.25, 0.3) is 55.6 Å². The number of para-hydroxylation sites is 2. The van der Waals surface area contributed by atoms with Crippen molar-refractivity contribution >= 4 is 38.8 Å². The third kappa shape index (κ3) is 4.73. The van der Waals surface area contributed by atoms with E-state index >= 15 is 0 Å². The standard InChI is InChI=1S/C55H44N2/c1-4-17-38(18-5-1)55(48-27-13-10-23-43(48)44-24-11-14-28-49(44)55)39-32-34-52-47(36-39)46-35-37(31-33-51(46)56(52)40-19-6-2-7-20-40)42-26-16-30-53-54(42)45-25-12-15-29-50(45)57(53)41-21-8-3-9-22-41/h2-4,6-12,15-21,23-26,29-30,35-36,41H,1,5,13-14,22,27-28,32,34H2/t41-/m0/s1. The quantitative estimate of drug-likeness (QED) is 0.167. The lowest BCUT2D eigenvalue weighted by molar-refractivity contribution is 0.545. The predicted molar refractivity (Wildman–Crippen MR) is 237 cm³/mol. The molecule has 0 unspecified atom stereocenters. The number of nitrogens with zero attached hydrogens (tertiary/aromatic N) is 2. The minimum atomic E-state index is -0.181. The van der Waals surface area contributed by atoms with E-state index in [2.05, 4.69) is 173 Å². The number of allylic oxidation sites excluding steroid dienone is 17. The van der Waals surface area contributed by atoms with Gasteiger partial charge in [-0.05, 0) is 122 Å². The van der Waals surface area contributed by atoms with Gasteiger partial charge in [0.25, 0.3) is 0 Å². The van der Waals surface area contributed by atoms with Gasteiger partial charge in [0.05, 0.1) is 17.0 Å².